The molecule has 7 heteroatoms. The zero-order valence-corrected chi connectivity index (χ0v) is 11.5. The first-order valence-electron chi connectivity index (χ1n) is 6.58. The standard InChI is InChI=1S/C14H15N5O2/c1-10-7-12(13-17-18-14(20)19(13)9-10)16-5-6-21-11-3-2-4-15-8-11/h2-4,7-9,16H,5-6H2,1H3,(H,18,20). The maximum absolute atomic E-state index is 11.6. The van der Waals surface area contributed by atoms with Gasteiger partial charge in [0.1, 0.15) is 12.4 Å². The smallest absolute Gasteiger partial charge is 0.347 e. The van der Waals surface area contributed by atoms with Crippen molar-refractivity contribution in [1.82, 2.24) is 19.6 Å². The van der Waals surface area contributed by atoms with Gasteiger partial charge in [-0.1, -0.05) is 0 Å². The summed E-state index contributed by atoms with van der Waals surface area (Å²) in [6.45, 7) is 3.01. The maximum Gasteiger partial charge on any atom is 0.347 e. The van der Waals surface area contributed by atoms with Crippen LogP contribution in [-0.2, 0) is 0 Å². The molecule has 0 radical (unpaired) electrons. The molecule has 0 saturated heterocycles. The fourth-order valence-corrected chi connectivity index (χ4v) is 2.06. The molecule has 108 valence electrons. The van der Waals surface area contributed by atoms with E-state index in [1.165, 1.54) is 4.40 Å². The van der Waals surface area contributed by atoms with Crippen molar-refractivity contribution in [2.75, 3.05) is 18.5 Å². The fourth-order valence-electron chi connectivity index (χ4n) is 2.06. The predicted molar refractivity (Wildman–Crippen MR) is 78.8 cm³/mol. The number of anilines is 1. The highest BCUT2D eigenvalue weighted by atomic mass is 16.5. The molecular weight excluding hydrogens is 270 g/mol. The summed E-state index contributed by atoms with van der Waals surface area (Å²) in [5, 5.41) is 9.67. The first-order chi connectivity index (χ1) is 10.2. The van der Waals surface area contributed by atoms with Gasteiger partial charge in [0.05, 0.1) is 11.9 Å². The minimum Gasteiger partial charge on any atom is -0.490 e. The second kappa shape index (κ2) is 5.66. The SMILES string of the molecule is Cc1cc(NCCOc2cccnc2)c2n[nH]c(=O)n2c1. The molecule has 2 N–H and O–H groups in total. The van der Waals surface area contributed by atoms with Crippen molar-refractivity contribution >= 4 is 11.3 Å². The Morgan fingerprint density at radius 3 is 3.19 bits per heavy atom. The molecule has 0 amide bonds. The maximum atomic E-state index is 11.6. The third-order valence-electron chi connectivity index (χ3n) is 2.97. The van der Waals surface area contributed by atoms with Crippen LogP contribution >= 0.6 is 0 Å². The summed E-state index contributed by atoms with van der Waals surface area (Å²) >= 11 is 0. The second-order valence-electron chi connectivity index (χ2n) is 4.62. The molecule has 7 nitrogen and oxygen atoms in total. The van der Waals surface area contributed by atoms with Gasteiger partial charge in [-0.3, -0.25) is 4.98 Å². The van der Waals surface area contributed by atoms with Crippen molar-refractivity contribution in [3.63, 3.8) is 0 Å². The molecule has 0 fully saturated rings. The van der Waals surface area contributed by atoms with E-state index in [9.17, 15) is 4.79 Å². The largest absolute Gasteiger partial charge is 0.490 e. The van der Waals surface area contributed by atoms with E-state index in [0.29, 0.717) is 18.8 Å². The third-order valence-corrected chi connectivity index (χ3v) is 2.97. The number of hydrogen-bond acceptors (Lipinski definition) is 5. The van der Waals surface area contributed by atoms with Crippen molar-refractivity contribution in [2.45, 2.75) is 6.92 Å². The van der Waals surface area contributed by atoms with Gasteiger partial charge in [0, 0.05) is 18.9 Å². The van der Waals surface area contributed by atoms with Crippen LogP contribution in [0.3, 0.4) is 0 Å². The number of nitrogens with one attached hydrogen (secondary N) is 2. The lowest BCUT2D eigenvalue weighted by molar-refractivity contribution is 0.331. The summed E-state index contributed by atoms with van der Waals surface area (Å²) in [6.07, 6.45) is 5.11. The first-order valence-corrected chi connectivity index (χ1v) is 6.58. The van der Waals surface area contributed by atoms with Crippen molar-refractivity contribution < 1.29 is 4.74 Å². The van der Waals surface area contributed by atoms with E-state index in [4.69, 9.17) is 4.74 Å². The van der Waals surface area contributed by atoms with Gasteiger partial charge in [0.2, 0.25) is 0 Å². The molecule has 3 aromatic heterocycles. The average molecular weight is 285 g/mol. The van der Waals surface area contributed by atoms with Gasteiger partial charge in [-0.15, -0.1) is 0 Å². The van der Waals surface area contributed by atoms with Gasteiger partial charge in [0.15, 0.2) is 5.65 Å². The zero-order chi connectivity index (χ0) is 14.7. The summed E-state index contributed by atoms with van der Waals surface area (Å²) in [7, 11) is 0. The lowest BCUT2D eigenvalue weighted by Gasteiger charge is -2.09. The highest BCUT2D eigenvalue weighted by Crippen LogP contribution is 2.15. The number of aryl methyl sites for hydroxylation is 1. The number of rotatable bonds is 5. The second-order valence-corrected chi connectivity index (χ2v) is 4.62. The van der Waals surface area contributed by atoms with Crippen LogP contribution < -0.4 is 15.7 Å². The quantitative estimate of drug-likeness (QED) is 0.688. The Bertz CT molecular complexity index is 794. The van der Waals surface area contributed by atoms with E-state index in [1.54, 1.807) is 18.6 Å². The van der Waals surface area contributed by atoms with Gasteiger partial charge in [-0.05, 0) is 30.7 Å². The molecule has 21 heavy (non-hydrogen) atoms. The Labute approximate surface area is 120 Å². The van der Waals surface area contributed by atoms with Crippen LogP contribution in [0.25, 0.3) is 5.65 Å². The van der Waals surface area contributed by atoms with Crippen LogP contribution in [0.2, 0.25) is 0 Å². The van der Waals surface area contributed by atoms with E-state index in [1.807, 2.05) is 25.1 Å². The molecule has 0 aliphatic carbocycles. The average Bonchev–Trinajstić information content (AvgIpc) is 2.86. The van der Waals surface area contributed by atoms with Crippen molar-refractivity contribution in [2.24, 2.45) is 0 Å². The van der Waals surface area contributed by atoms with E-state index >= 15 is 0 Å². The predicted octanol–water partition coefficient (Wildman–Crippen LogP) is 1.22. The van der Waals surface area contributed by atoms with E-state index < -0.39 is 0 Å². The number of nitrogens with zero attached hydrogens (tertiary/aromatic N) is 3. The van der Waals surface area contributed by atoms with E-state index in [-0.39, 0.29) is 5.69 Å². The van der Waals surface area contributed by atoms with Gasteiger partial charge in [-0.2, -0.15) is 5.10 Å². The van der Waals surface area contributed by atoms with E-state index in [0.717, 1.165) is 17.0 Å². The van der Waals surface area contributed by atoms with Crippen LogP contribution in [0.15, 0.2) is 41.6 Å². The van der Waals surface area contributed by atoms with Gasteiger partial charge in [-0.25, -0.2) is 14.3 Å². The molecule has 0 unspecified atom stereocenters. The van der Waals surface area contributed by atoms with Crippen molar-refractivity contribution in [3.8, 4) is 5.75 Å². The normalized spacial score (nSPS) is 10.7. The van der Waals surface area contributed by atoms with Gasteiger partial charge >= 0.3 is 5.69 Å². The van der Waals surface area contributed by atoms with Crippen LogP contribution in [0.4, 0.5) is 5.69 Å². The molecule has 3 aromatic rings. The Kier molecular flexibility index (Phi) is 3.55. The van der Waals surface area contributed by atoms with Crippen molar-refractivity contribution in [1.29, 1.82) is 0 Å². The monoisotopic (exact) mass is 285 g/mol. The molecule has 0 bridgehead atoms. The number of fused-ring (bicyclic) bond motifs is 1. The highest BCUT2D eigenvalue weighted by Gasteiger charge is 2.06. The molecule has 0 aliphatic heterocycles. The fraction of sp³-hybridized carbons (Fsp3) is 0.214. The Hall–Kier alpha value is -2.83. The summed E-state index contributed by atoms with van der Waals surface area (Å²) in [6, 6.07) is 5.62. The van der Waals surface area contributed by atoms with Crippen LogP contribution in [0.5, 0.6) is 5.75 Å². The minimum absolute atomic E-state index is 0.247. The Balaban J connectivity index is 1.67. The van der Waals surface area contributed by atoms with Gasteiger partial charge < -0.3 is 10.1 Å². The topological polar surface area (TPSA) is 84.3 Å². The number of hydrogen-bond donors (Lipinski definition) is 2. The summed E-state index contributed by atoms with van der Waals surface area (Å²) in [5.41, 5.74) is 2.10. The molecule has 0 atom stereocenters. The molecule has 0 aliphatic rings. The summed E-state index contributed by atoms with van der Waals surface area (Å²) in [5.74, 6) is 0.727. The highest BCUT2D eigenvalue weighted by molar-refractivity contribution is 5.67. The zero-order valence-electron chi connectivity index (χ0n) is 11.5. The Morgan fingerprint density at radius 2 is 2.38 bits per heavy atom. The lowest BCUT2D eigenvalue weighted by Crippen LogP contribution is -2.14. The molecule has 0 saturated carbocycles. The number of ether oxygens (including phenoxy) is 1. The van der Waals surface area contributed by atoms with Gasteiger partial charge in [0.25, 0.3) is 0 Å². The minimum atomic E-state index is -0.247. The Morgan fingerprint density at radius 1 is 1.48 bits per heavy atom. The number of pyridine rings is 2. The lowest BCUT2D eigenvalue weighted by atomic mass is 10.3. The summed E-state index contributed by atoms with van der Waals surface area (Å²) in [4.78, 5) is 15.6. The van der Waals surface area contributed by atoms with E-state index in [2.05, 4.69) is 20.5 Å². The first kappa shape index (κ1) is 13.2. The molecular formula is C14H15N5O2. The van der Waals surface area contributed by atoms with Crippen LogP contribution in [0, 0.1) is 6.92 Å². The third kappa shape index (κ3) is 2.86. The molecule has 0 aromatic carbocycles. The summed E-state index contributed by atoms with van der Waals surface area (Å²) < 4.78 is 7.04. The van der Waals surface area contributed by atoms with Crippen LogP contribution in [-0.4, -0.2) is 32.7 Å². The number of H-pyrrole nitrogens is 1. The van der Waals surface area contributed by atoms with Crippen LogP contribution in [0.1, 0.15) is 5.56 Å². The molecule has 3 rings (SSSR count). The molecule has 0 spiro atoms. The number of aromatic nitrogens is 4. The van der Waals surface area contributed by atoms with Crippen molar-refractivity contribution in [3.05, 3.63) is 52.8 Å². The number of aromatic amines is 1. The molecule has 3 heterocycles.